The number of nitriles is 1. The van der Waals surface area contributed by atoms with Crippen LogP contribution in [0.15, 0.2) is 69.6 Å². The van der Waals surface area contributed by atoms with Crippen molar-refractivity contribution in [3.05, 3.63) is 101 Å². The second-order valence-electron chi connectivity index (χ2n) is 6.18. The first kappa shape index (κ1) is 22.0. The van der Waals surface area contributed by atoms with Crippen LogP contribution in [0.3, 0.4) is 0 Å². The Bertz CT molecular complexity index is 1150. The largest absolute Gasteiger partial charge is 0.487 e. The molecule has 0 bridgehead atoms. The summed E-state index contributed by atoms with van der Waals surface area (Å²) in [5.41, 5.74) is 2.72. The lowest BCUT2D eigenvalue weighted by Gasteiger charge is -2.12. The smallest absolute Gasteiger partial charge is 0.269 e. The van der Waals surface area contributed by atoms with Crippen LogP contribution in [0.4, 0.5) is 5.69 Å². The molecule has 0 radical (unpaired) electrons. The van der Waals surface area contributed by atoms with E-state index in [1.165, 1.54) is 12.1 Å². The number of hydrogen-bond donors (Lipinski definition) is 0. The highest BCUT2D eigenvalue weighted by molar-refractivity contribution is 9.11. The van der Waals surface area contributed by atoms with E-state index in [2.05, 4.69) is 37.9 Å². The molecule has 3 aromatic carbocycles. The average Bonchev–Trinajstić information content (AvgIpc) is 2.72. The summed E-state index contributed by atoms with van der Waals surface area (Å²) in [5, 5.41) is 20.8. The van der Waals surface area contributed by atoms with Crippen molar-refractivity contribution in [1.82, 2.24) is 0 Å². The quantitative estimate of drug-likeness (QED) is 0.139. The topological polar surface area (TPSA) is 76.2 Å². The molecule has 0 aliphatic heterocycles. The van der Waals surface area contributed by atoms with Gasteiger partial charge < -0.3 is 4.74 Å². The summed E-state index contributed by atoms with van der Waals surface area (Å²) in [7, 11) is 0. The predicted molar refractivity (Wildman–Crippen MR) is 124 cm³/mol. The first-order valence-corrected chi connectivity index (χ1v) is 10.6. The number of hydrogen-bond acceptors (Lipinski definition) is 4. The van der Waals surface area contributed by atoms with Crippen molar-refractivity contribution in [3.63, 3.8) is 0 Å². The van der Waals surface area contributed by atoms with Crippen LogP contribution < -0.4 is 4.74 Å². The van der Waals surface area contributed by atoms with Gasteiger partial charge in [-0.15, -0.1) is 0 Å². The van der Waals surface area contributed by atoms with E-state index in [1.807, 2.05) is 24.3 Å². The molecule has 30 heavy (non-hydrogen) atoms. The highest BCUT2D eigenvalue weighted by Gasteiger charge is 2.12. The lowest BCUT2D eigenvalue weighted by Crippen LogP contribution is -1.98. The minimum Gasteiger partial charge on any atom is -0.487 e. The van der Waals surface area contributed by atoms with Gasteiger partial charge >= 0.3 is 0 Å². The van der Waals surface area contributed by atoms with Crippen molar-refractivity contribution in [2.24, 2.45) is 0 Å². The van der Waals surface area contributed by atoms with E-state index in [0.717, 1.165) is 11.1 Å². The van der Waals surface area contributed by atoms with Crippen LogP contribution in [0, 0.1) is 21.4 Å². The Hall–Kier alpha value is -2.66. The maximum Gasteiger partial charge on any atom is 0.269 e. The number of halogens is 3. The first-order valence-electron chi connectivity index (χ1n) is 8.61. The Morgan fingerprint density at radius 1 is 1.13 bits per heavy atom. The summed E-state index contributed by atoms with van der Waals surface area (Å²) < 4.78 is 7.27. The molecule has 0 unspecified atom stereocenters. The van der Waals surface area contributed by atoms with Crippen LogP contribution >= 0.6 is 43.5 Å². The number of benzene rings is 3. The van der Waals surface area contributed by atoms with Gasteiger partial charge in [-0.1, -0.05) is 29.8 Å². The van der Waals surface area contributed by atoms with Crippen molar-refractivity contribution in [2.75, 3.05) is 0 Å². The van der Waals surface area contributed by atoms with Crippen LogP contribution in [0.25, 0.3) is 11.6 Å². The van der Waals surface area contributed by atoms with Gasteiger partial charge in [0.2, 0.25) is 0 Å². The molecule has 0 N–H and O–H groups in total. The van der Waals surface area contributed by atoms with Crippen molar-refractivity contribution in [2.45, 2.75) is 6.61 Å². The summed E-state index contributed by atoms with van der Waals surface area (Å²) in [6, 6.07) is 19.2. The Balaban J connectivity index is 1.82. The highest BCUT2D eigenvalue weighted by atomic mass is 79.9. The van der Waals surface area contributed by atoms with E-state index < -0.39 is 4.92 Å². The molecule has 0 amide bonds. The molecule has 0 saturated heterocycles. The van der Waals surface area contributed by atoms with Crippen molar-refractivity contribution in [1.29, 1.82) is 5.26 Å². The molecule has 5 nitrogen and oxygen atoms in total. The summed E-state index contributed by atoms with van der Waals surface area (Å²) in [5.74, 6) is 0.585. The number of nitrogens with zero attached hydrogens (tertiary/aromatic N) is 2. The Kier molecular flexibility index (Phi) is 7.27. The molecule has 0 fully saturated rings. The van der Waals surface area contributed by atoms with Crippen molar-refractivity contribution in [3.8, 4) is 11.8 Å². The van der Waals surface area contributed by atoms with Gasteiger partial charge in [-0.05, 0) is 79.4 Å². The van der Waals surface area contributed by atoms with E-state index in [4.69, 9.17) is 16.3 Å². The van der Waals surface area contributed by atoms with Crippen molar-refractivity contribution < 1.29 is 9.66 Å². The lowest BCUT2D eigenvalue weighted by atomic mass is 10.0. The zero-order chi connectivity index (χ0) is 21.7. The molecule has 0 heterocycles. The van der Waals surface area contributed by atoms with E-state index in [9.17, 15) is 15.4 Å². The monoisotopic (exact) mass is 546 g/mol. The van der Waals surface area contributed by atoms with Gasteiger partial charge in [-0.3, -0.25) is 10.1 Å². The number of rotatable bonds is 6. The van der Waals surface area contributed by atoms with Gasteiger partial charge in [-0.2, -0.15) is 5.26 Å². The Morgan fingerprint density at radius 3 is 2.33 bits per heavy atom. The number of nitro groups is 1. The standard InChI is InChI=1S/C22H13Br2ClN2O3/c23-19-10-15(9-16(12-26)18-3-1-2-4-21(18)25)11-20(24)22(19)30-13-14-5-7-17(8-6-14)27(28)29/h1-11H,13H2. The van der Waals surface area contributed by atoms with Gasteiger partial charge in [0.15, 0.2) is 0 Å². The van der Waals surface area contributed by atoms with Gasteiger partial charge in [0.1, 0.15) is 12.4 Å². The molecule has 150 valence electrons. The second-order valence-corrected chi connectivity index (χ2v) is 8.29. The third-order valence-corrected chi connectivity index (χ3v) is 5.65. The Morgan fingerprint density at radius 2 is 1.77 bits per heavy atom. The van der Waals surface area contributed by atoms with Gasteiger partial charge in [0.05, 0.1) is 25.5 Å². The van der Waals surface area contributed by atoms with Crippen LogP contribution in [-0.4, -0.2) is 4.92 Å². The zero-order valence-electron chi connectivity index (χ0n) is 15.3. The third kappa shape index (κ3) is 5.28. The maximum atomic E-state index is 10.7. The van der Waals surface area contributed by atoms with Gasteiger partial charge in [-0.25, -0.2) is 0 Å². The molecule has 0 saturated carbocycles. The minimum atomic E-state index is -0.442. The summed E-state index contributed by atoms with van der Waals surface area (Å²) >= 11 is 13.2. The van der Waals surface area contributed by atoms with E-state index in [1.54, 1.807) is 30.3 Å². The fraction of sp³-hybridized carbons (Fsp3) is 0.0455. The van der Waals surface area contributed by atoms with Crippen LogP contribution in [-0.2, 0) is 6.61 Å². The number of nitro benzene ring substituents is 1. The summed E-state index contributed by atoms with van der Waals surface area (Å²) in [4.78, 5) is 10.3. The minimum absolute atomic E-state index is 0.0315. The Labute approximate surface area is 195 Å². The van der Waals surface area contributed by atoms with Gasteiger partial charge in [0.25, 0.3) is 5.69 Å². The molecule has 0 aliphatic rings. The SMILES string of the molecule is N#CC(=Cc1cc(Br)c(OCc2ccc([N+](=O)[O-])cc2)c(Br)c1)c1ccccc1Cl. The normalized spacial score (nSPS) is 11.1. The molecule has 0 aliphatic carbocycles. The molecule has 0 atom stereocenters. The maximum absolute atomic E-state index is 10.7. The second kappa shape index (κ2) is 9.90. The van der Waals surface area contributed by atoms with Gasteiger partial charge in [0, 0.05) is 22.7 Å². The molecule has 3 rings (SSSR count). The molecular weight excluding hydrogens is 536 g/mol. The van der Waals surface area contributed by atoms with E-state index in [0.29, 0.717) is 30.9 Å². The summed E-state index contributed by atoms with van der Waals surface area (Å²) in [6.07, 6.45) is 1.75. The molecule has 8 heteroatoms. The van der Waals surface area contributed by atoms with Crippen LogP contribution in [0.5, 0.6) is 5.75 Å². The number of allylic oxidation sites excluding steroid dienone is 1. The van der Waals surface area contributed by atoms with E-state index >= 15 is 0 Å². The zero-order valence-corrected chi connectivity index (χ0v) is 19.2. The highest BCUT2D eigenvalue weighted by Crippen LogP contribution is 2.37. The predicted octanol–water partition coefficient (Wildman–Crippen LogP) is 7.42. The lowest BCUT2D eigenvalue weighted by molar-refractivity contribution is -0.384. The number of ether oxygens (including phenoxy) is 1. The van der Waals surface area contributed by atoms with Crippen molar-refractivity contribution >= 4 is 60.8 Å². The molecule has 3 aromatic rings. The fourth-order valence-corrected chi connectivity index (χ4v) is 4.37. The van der Waals surface area contributed by atoms with Crippen LogP contribution in [0.1, 0.15) is 16.7 Å². The molecule has 0 spiro atoms. The molecule has 0 aromatic heterocycles. The van der Waals surface area contributed by atoms with E-state index in [-0.39, 0.29) is 12.3 Å². The first-order chi connectivity index (χ1) is 14.4. The third-order valence-electron chi connectivity index (χ3n) is 4.15. The summed E-state index contributed by atoms with van der Waals surface area (Å²) in [6.45, 7) is 0.244. The molecular formula is C22H13Br2ClN2O3. The number of non-ortho nitro benzene ring substituents is 1. The fourth-order valence-electron chi connectivity index (χ4n) is 2.69. The van der Waals surface area contributed by atoms with Crippen LogP contribution in [0.2, 0.25) is 5.02 Å². The average molecular weight is 549 g/mol.